The van der Waals surface area contributed by atoms with E-state index in [1.807, 2.05) is 55.5 Å². The number of rotatable bonds is 5. The van der Waals surface area contributed by atoms with E-state index in [0.717, 1.165) is 17.1 Å². The molecule has 2 rings (SSSR count). The smallest absolute Gasteiger partial charge is 0.189 e. The second-order valence-corrected chi connectivity index (χ2v) is 4.94. The Morgan fingerprint density at radius 3 is 2.24 bits per heavy atom. The van der Waals surface area contributed by atoms with Gasteiger partial charge in [0.15, 0.2) is 5.11 Å². The molecule has 0 saturated carbocycles. The van der Waals surface area contributed by atoms with Crippen molar-refractivity contribution in [1.29, 1.82) is 0 Å². The highest BCUT2D eigenvalue weighted by atomic mass is 32.1. The van der Waals surface area contributed by atoms with Crippen molar-refractivity contribution in [3.05, 3.63) is 54.1 Å². The Bertz CT molecular complexity index is 581. The van der Waals surface area contributed by atoms with Gasteiger partial charge in [0.2, 0.25) is 0 Å². The Morgan fingerprint density at radius 1 is 1.00 bits per heavy atom. The minimum absolute atomic E-state index is 0.500. The summed E-state index contributed by atoms with van der Waals surface area (Å²) in [7, 11) is 0. The van der Waals surface area contributed by atoms with Crippen LogP contribution < -0.4 is 20.9 Å². The maximum Gasteiger partial charge on any atom is 0.189 e. The molecule has 0 aliphatic carbocycles. The van der Waals surface area contributed by atoms with Crippen LogP contribution in [-0.2, 0) is 0 Å². The monoisotopic (exact) mass is 301 g/mol. The van der Waals surface area contributed by atoms with Crippen molar-refractivity contribution in [1.82, 2.24) is 5.43 Å². The van der Waals surface area contributed by atoms with Crippen LogP contribution >= 0.6 is 12.2 Å². The second-order valence-electron chi connectivity index (χ2n) is 4.53. The van der Waals surface area contributed by atoms with Gasteiger partial charge >= 0.3 is 0 Å². The minimum Gasteiger partial charge on any atom is -0.494 e. The zero-order valence-electron chi connectivity index (χ0n) is 12.1. The largest absolute Gasteiger partial charge is 0.494 e. The number of hydrogen-bond donors (Lipinski definition) is 3. The highest BCUT2D eigenvalue weighted by Gasteiger charge is 1.98. The number of benzene rings is 2. The number of nitrogens with one attached hydrogen (secondary N) is 3. The third kappa shape index (κ3) is 4.96. The topological polar surface area (TPSA) is 45.3 Å². The zero-order valence-corrected chi connectivity index (χ0v) is 13.0. The lowest BCUT2D eigenvalue weighted by Crippen LogP contribution is -2.33. The van der Waals surface area contributed by atoms with Crippen LogP contribution in [0.1, 0.15) is 12.5 Å². The molecule has 0 amide bonds. The van der Waals surface area contributed by atoms with Gasteiger partial charge in [0.25, 0.3) is 0 Å². The Morgan fingerprint density at radius 2 is 1.62 bits per heavy atom. The van der Waals surface area contributed by atoms with Gasteiger partial charge in [-0.25, -0.2) is 0 Å². The second kappa shape index (κ2) is 7.50. The van der Waals surface area contributed by atoms with Crippen LogP contribution in [0.25, 0.3) is 0 Å². The van der Waals surface area contributed by atoms with E-state index in [2.05, 4.69) is 23.1 Å². The summed E-state index contributed by atoms with van der Waals surface area (Å²) in [5.74, 6) is 0.847. The number of hydrogen-bond acceptors (Lipinski definition) is 3. The molecule has 0 heterocycles. The summed E-state index contributed by atoms with van der Waals surface area (Å²) in [6, 6.07) is 15.7. The van der Waals surface area contributed by atoms with Gasteiger partial charge in [0.05, 0.1) is 12.3 Å². The summed E-state index contributed by atoms with van der Waals surface area (Å²) >= 11 is 5.23. The normalized spacial score (nSPS) is 9.81. The first kappa shape index (κ1) is 15.1. The van der Waals surface area contributed by atoms with E-state index in [9.17, 15) is 0 Å². The van der Waals surface area contributed by atoms with Crippen molar-refractivity contribution in [2.75, 3.05) is 17.3 Å². The van der Waals surface area contributed by atoms with E-state index in [-0.39, 0.29) is 0 Å². The van der Waals surface area contributed by atoms with Gasteiger partial charge < -0.3 is 10.1 Å². The number of ether oxygens (including phenoxy) is 1. The molecule has 2 aromatic carbocycles. The molecule has 0 fully saturated rings. The average molecular weight is 301 g/mol. The van der Waals surface area contributed by atoms with Crippen molar-refractivity contribution in [2.45, 2.75) is 13.8 Å². The highest BCUT2D eigenvalue weighted by molar-refractivity contribution is 7.80. The first-order chi connectivity index (χ1) is 10.2. The quantitative estimate of drug-likeness (QED) is 0.580. The fourth-order valence-corrected chi connectivity index (χ4v) is 1.90. The Labute approximate surface area is 130 Å². The van der Waals surface area contributed by atoms with Crippen LogP contribution in [0.4, 0.5) is 11.4 Å². The van der Waals surface area contributed by atoms with Crippen molar-refractivity contribution in [3.63, 3.8) is 0 Å². The number of thiocarbonyl (C=S) groups is 1. The molecule has 21 heavy (non-hydrogen) atoms. The standard InChI is InChI=1S/C16H19N3OS/c1-3-20-15-10-8-13(9-11-15)17-16(21)19-18-14-6-4-12(2)5-7-14/h4-11,18H,3H2,1-2H3,(H2,17,19,21). The van der Waals surface area contributed by atoms with E-state index < -0.39 is 0 Å². The van der Waals surface area contributed by atoms with Crippen molar-refractivity contribution in [2.24, 2.45) is 0 Å². The SMILES string of the molecule is CCOc1ccc(NC(=S)NNc2ccc(C)cc2)cc1. The average Bonchev–Trinajstić information content (AvgIpc) is 2.49. The van der Waals surface area contributed by atoms with Crippen molar-refractivity contribution < 1.29 is 4.74 Å². The van der Waals surface area contributed by atoms with E-state index in [1.165, 1.54) is 5.56 Å². The summed E-state index contributed by atoms with van der Waals surface area (Å²) in [5.41, 5.74) is 9.07. The molecule has 0 unspecified atom stereocenters. The van der Waals surface area contributed by atoms with E-state index in [1.54, 1.807) is 0 Å². The van der Waals surface area contributed by atoms with E-state index >= 15 is 0 Å². The van der Waals surface area contributed by atoms with Crippen LogP contribution in [0.15, 0.2) is 48.5 Å². The maximum absolute atomic E-state index is 5.39. The molecule has 0 spiro atoms. The van der Waals surface area contributed by atoms with Crippen molar-refractivity contribution >= 4 is 28.7 Å². The lowest BCUT2D eigenvalue weighted by atomic mass is 10.2. The van der Waals surface area contributed by atoms with Crippen LogP contribution in [-0.4, -0.2) is 11.7 Å². The molecule has 0 aliphatic rings. The Hall–Kier alpha value is -2.27. The maximum atomic E-state index is 5.39. The van der Waals surface area contributed by atoms with E-state index in [4.69, 9.17) is 17.0 Å². The van der Waals surface area contributed by atoms with Gasteiger partial charge in [-0.05, 0) is 62.5 Å². The van der Waals surface area contributed by atoms with Gasteiger partial charge in [0.1, 0.15) is 5.75 Å². The summed E-state index contributed by atoms with van der Waals surface area (Å²) in [6.45, 7) is 4.67. The fourth-order valence-electron chi connectivity index (χ4n) is 1.73. The molecule has 2 aromatic rings. The predicted molar refractivity (Wildman–Crippen MR) is 91.8 cm³/mol. The number of anilines is 2. The minimum atomic E-state index is 0.500. The van der Waals surface area contributed by atoms with Gasteiger partial charge in [-0.15, -0.1) is 0 Å². The number of aryl methyl sites for hydroxylation is 1. The molecule has 0 atom stereocenters. The van der Waals surface area contributed by atoms with Gasteiger partial charge in [-0.2, -0.15) is 0 Å². The third-order valence-electron chi connectivity index (χ3n) is 2.80. The lowest BCUT2D eigenvalue weighted by Gasteiger charge is -2.13. The molecule has 110 valence electrons. The molecule has 5 heteroatoms. The summed E-state index contributed by atoms with van der Waals surface area (Å²) in [6.07, 6.45) is 0. The molecule has 0 aliphatic heterocycles. The molecule has 0 aromatic heterocycles. The predicted octanol–water partition coefficient (Wildman–Crippen LogP) is 3.71. The molecular formula is C16H19N3OS. The molecular weight excluding hydrogens is 282 g/mol. The Kier molecular flexibility index (Phi) is 5.40. The third-order valence-corrected chi connectivity index (χ3v) is 3.00. The summed E-state index contributed by atoms with van der Waals surface area (Å²) in [4.78, 5) is 0. The summed E-state index contributed by atoms with van der Waals surface area (Å²) < 4.78 is 5.39. The van der Waals surface area contributed by atoms with Crippen LogP contribution in [0.3, 0.4) is 0 Å². The molecule has 3 N–H and O–H groups in total. The fraction of sp³-hybridized carbons (Fsp3) is 0.188. The Balaban J connectivity index is 1.82. The van der Waals surface area contributed by atoms with Crippen molar-refractivity contribution in [3.8, 4) is 5.75 Å². The molecule has 0 radical (unpaired) electrons. The van der Waals surface area contributed by atoms with Gasteiger partial charge in [-0.1, -0.05) is 17.7 Å². The number of hydrazine groups is 1. The summed E-state index contributed by atoms with van der Waals surface area (Å²) in [5, 5.41) is 3.59. The van der Waals surface area contributed by atoms with Gasteiger partial charge in [0, 0.05) is 5.69 Å². The van der Waals surface area contributed by atoms with Gasteiger partial charge in [-0.3, -0.25) is 10.9 Å². The molecule has 0 bridgehead atoms. The molecule has 4 nitrogen and oxygen atoms in total. The first-order valence-electron chi connectivity index (χ1n) is 6.80. The first-order valence-corrected chi connectivity index (χ1v) is 7.21. The lowest BCUT2D eigenvalue weighted by molar-refractivity contribution is 0.340. The highest BCUT2D eigenvalue weighted by Crippen LogP contribution is 2.15. The van der Waals surface area contributed by atoms with Crippen LogP contribution in [0, 0.1) is 6.92 Å². The van der Waals surface area contributed by atoms with Crippen LogP contribution in [0.5, 0.6) is 5.75 Å². The van der Waals surface area contributed by atoms with E-state index in [0.29, 0.717) is 11.7 Å². The molecule has 0 saturated heterocycles. The zero-order chi connectivity index (χ0) is 15.1. The van der Waals surface area contributed by atoms with Crippen LogP contribution in [0.2, 0.25) is 0 Å².